The largest absolute Gasteiger partial charge is 0.394 e. The van der Waals surface area contributed by atoms with Crippen molar-refractivity contribution >= 4 is 28.7 Å². The van der Waals surface area contributed by atoms with Gasteiger partial charge >= 0.3 is 0 Å². The summed E-state index contributed by atoms with van der Waals surface area (Å²) in [5.74, 6) is 1.20. The van der Waals surface area contributed by atoms with Gasteiger partial charge in [-0.3, -0.25) is 0 Å². The van der Waals surface area contributed by atoms with E-state index in [-0.39, 0.29) is 25.4 Å². The number of nitrogens with two attached hydrogens (primary N) is 1. The first-order chi connectivity index (χ1) is 11.6. The van der Waals surface area contributed by atoms with E-state index in [1.165, 1.54) is 11.8 Å². The molecule has 0 aliphatic heterocycles. The quantitative estimate of drug-likeness (QED) is 0.476. The summed E-state index contributed by atoms with van der Waals surface area (Å²) in [5.41, 5.74) is 6.96. The SMILES string of the molecule is CCCSc1nc(N)c2nnn(C3CC(OCCO)C[C@H]3O)c2n1. The Balaban J connectivity index is 1.87. The van der Waals surface area contributed by atoms with Gasteiger partial charge in [0.1, 0.15) is 0 Å². The fraction of sp³-hybridized carbons (Fsp3) is 0.714. The number of aliphatic hydroxyl groups excluding tert-OH is 2. The zero-order valence-electron chi connectivity index (χ0n) is 13.5. The van der Waals surface area contributed by atoms with Gasteiger partial charge in [0, 0.05) is 12.2 Å². The molecule has 0 saturated heterocycles. The molecule has 24 heavy (non-hydrogen) atoms. The zero-order valence-corrected chi connectivity index (χ0v) is 14.3. The Bertz CT molecular complexity index is 696. The molecule has 1 saturated carbocycles. The van der Waals surface area contributed by atoms with E-state index in [1.807, 2.05) is 0 Å². The highest BCUT2D eigenvalue weighted by atomic mass is 32.2. The van der Waals surface area contributed by atoms with Crippen LogP contribution in [0.1, 0.15) is 32.2 Å². The molecule has 3 rings (SSSR count). The predicted molar refractivity (Wildman–Crippen MR) is 89.6 cm³/mol. The highest BCUT2D eigenvalue weighted by Gasteiger charge is 2.37. The Morgan fingerprint density at radius 1 is 1.38 bits per heavy atom. The number of aliphatic hydroxyl groups is 2. The minimum atomic E-state index is -0.610. The molecule has 10 heteroatoms. The van der Waals surface area contributed by atoms with Gasteiger partial charge in [0.2, 0.25) is 0 Å². The van der Waals surface area contributed by atoms with E-state index in [1.54, 1.807) is 4.68 Å². The maximum atomic E-state index is 10.4. The van der Waals surface area contributed by atoms with Gasteiger partial charge in [-0.1, -0.05) is 23.9 Å². The van der Waals surface area contributed by atoms with Crippen LogP contribution in [0.4, 0.5) is 5.82 Å². The van der Waals surface area contributed by atoms with Crippen molar-refractivity contribution in [1.82, 2.24) is 25.0 Å². The van der Waals surface area contributed by atoms with E-state index < -0.39 is 6.10 Å². The molecule has 2 unspecified atom stereocenters. The molecular weight excluding hydrogens is 332 g/mol. The van der Waals surface area contributed by atoms with Crippen molar-refractivity contribution in [2.45, 2.75) is 49.6 Å². The molecule has 9 nitrogen and oxygen atoms in total. The molecule has 0 aromatic carbocycles. The maximum absolute atomic E-state index is 10.4. The number of rotatable bonds is 7. The van der Waals surface area contributed by atoms with E-state index in [2.05, 4.69) is 27.2 Å². The van der Waals surface area contributed by atoms with Crippen molar-refractivity contribution in [3.8, 4) is 0 Å². The Labute approximate surface area is 143 Å². The summed E-state index contributed by atoms with van der Waals surface area (Å²) in [5, 5.41) is 28.0. The topological polar surface area (TPSA) is 132 Å². The van der Waals surface area contributed by atoms with Crippen LogP contribution in [0.15, 0.2) is 5.16 Å². The number of nitrogen functional groups attached to an aromatic ring is 1. The van der Waals surface area contributed by atoms with Crippen molar-refractivity contribution in [3.63, 3.8) is 0 Å². The van der Waals surface area contributed by atoms with Gasteiger partial charge in [-0.15, -0.1) is 5.10 Å². The van der Waals surface area contributed by atoms with Gasteiger partial charge in [-0.25, -0.2) is 14.6 Å². The number of hydrogen-bond donors (Lipinski definition) is 3. The zero-order chi connectivity index (χ0) is 17.1. The monoisotopic (exact) mass is 354 g/mol. The van der Waals surface area contributed by atoms with Crippen LogP contribution in [-0.4, -0.2) is 66.3 Å². The third-order valence-electron chi connectivity index (χ3n) is 3.98. The second-order valence-corrected chi connectivity index (χ2v) is 6.83. The molecule has 132 valence electrons. The first kappa shape index (κ1) is 17.3. The van der Waals surface area contributed by atoms with E-state index in [0.29, 0.717) is 35.0 Å². The summed E-state index contributed by atoms with van der Waals surface area (Å²) in [4.78, 5) is 8.77. The van der Waals surface area contributed by atoms with Gasteiger partial charge < -0.3 is 20.7 Å². The average molecular weight is 354 g/mol. The number of fused-ring (bicyclic) bond motifs is 1. The lowest BCUT2D eigenvalue weighted by Crippen LogP contribution is -2.20. The molecular formula is C14H22N6O3S. The smallest absolute Gasteiger partial charge is 0.191 e. The minimum Gasteiger partial charge on any atom is -0.394 e. The van der Waals surface area contributed by atoms with Crippen molar-refractivity contribution in [3.05, 3.63) is 0 Å². The van der Waals surface area contributed by atoms with Crippen molar-refractivity contribution in [2.75, 3.05) is 24.7 Å². The van der Waals surface area contributed by atoms with Crippen LogP contribution in [0.3, 0.4) is 0 Å². The van der Waals surface area contributed by atoms with E-state index in [9.17, 15) is 5.11 Å². The molecule has 0 amide bonds. The van der Waals surface area contributed by atoms with Crippen molar-refractivity contribution in [1.29, 1.82) is 0 Å². The molecule has 3 atom stereocenters. The summed E-state index contributed by atoms with van der Waals surface area (Å²) in [6.45, 7) is 2.31. The Morgan fingerprint density at radius 3 is 2.96 bits per heavy atom. The Hall–Kier alpha value is -1.49. The van der Waals surface area contributed by atoms with E-state index in [0.717, 1.165) is 12.2 Å². The van der Waals surface area contributed by atoms with Crippen molar-refractivity contribution < 1.29 is 14.9 Å². The number of aromatic nitrogens is 5. The fourth-order valence-electron chi connectivity index (χ4n) is 2.88. The van der Waals surface area contributed by atoms with Crippen LogP contribution in [0.25, 0.3) is 11.2 Å². The second-order valence-electron chi connectivity index (χ2n) is 5.77. The highest BCUT2D eigenvalue weighted by Crippen LogP contribution is 2.34. The predicted octanol–water partition coefficient (Wildman–Crippen LogP) is 0.379. The van der Waals surface area contributed by atoms with Gasteiger partial charge in [0.05, 0.1) is 31.5 Å². The summed E-state index contributed by atoms with van der Waals surface area (Å²) in [6, 6.07) is -0.281. The molecule has 1 fully saturated rings. The second kappa shape index (κ2) is 7.60. The maximum Gasteiger partial charge on any atom is 0.191 e. The lowest BCUT2D eigenvalue weighted by Gasteiger charge is -2.14. The number of ether oxygens (including phenoxy) is 1. The summed E-state index contributed by atoms with van der Waals surface area (Å²) < 4.78 is 7.15. The number of anilines is 1. The molecule has 2 heterocycles. The molecule has 0 spiro atoms. The van der Waals surface area contributed by atoms with Gasteiger partial charge in [-0.05, 0) is 12.8 Å². The van der Waals surface area contributed by atoms with Gasteiger partial charge in [0.25, 0.3) is 0 Å². The summed E-state index contributed by atoms with van der Waals surface area (Å²) in [7, 11) is 0. The van der Waals surface area contributed by atoms with E-state index in [4.69, 9.17) is 15.6 Å². The van der Waals surface area contributed by atoms with E-state index >= 15 is 0 Å². The summed E-state index contributed by atoms with van der Waals surface area (Å²) >= 11 is 1.53. The van der Waals surface area contributed by atoms with Crippen LogP contribution in [0.5, 0.6) is 0 Å². The average Bonchev–Trinajstić information content (AvgIpc) is 3.14. The number of nitrogens with zero attached hydrogens (tertiary/aromatic N) is 5. The van der Waals surface area contributed by atoms with Gasteiger partial charge in [-0.2, -0.15) is 0 Å². The van der Waals surface area contributed by atoms with Crippen LogP contribution in [-0.2, 0) is 4.74 Å². The van der Waals surface area contributed by atoms with Crippen LogP contribution >= 0.6 is 11.8 Å². The van der Waals surface area contributed by atoms with Crippen molar-refractivity contribution in [2.24, 2.45) is 0 Å². The highest BCUT2D eigenvalue weighted by molar-refractivity contribution is 7.99. The fourth-order valence-corrected chi connectivity index (χ4v) is 3.58. The third-order valence-corrected chi connectivity index (χ3v) is 5.03. The Morgan fingerprint density at radius 2 is 2.21 bits per heavy atom. The Kier molecular flexibility index (Phi) is 5.49. The molecule has 2 aromatic heterocycles. The van der Waals surface area contributed by atoms with Crippen LogP contribution < -0.4 is 5.73 Å². The normalized spacial score (nSPS) is 24.0. The standard InChI is InChI=1S/C14H22N6O3S/c1-2-5-24-14-16-12(15)11-13(17-14)20(19-18-11)9-6-8(7-10(9)22)23-4-3-21/h8-10,21-22H,2-7H2,1H3,(H2,15,16,17)/t8?,9?,10-/m1/s1. The van der Waals surface area contributed by atoms with Crippen LogP contribution in [0.2, 0.25) is 0 Å². The first-order valence-electron chi connectivity index (χ1n) is 8.05. The molecule has 4 N–H and O–H groups in total. The first-order valence-corrected chi connectivity index (χ1v) is 9.04. The number of hydrogen-bond acceptors (Lipinski definition) is 9. The lowest BCUT2D eigenvalue weighted by molar-refractivity contribution is 0.0252. The summed E-state index contributed by atoms with van der Waals surface area (Å²) in [6.07, 6.45) is 1.35. The molecule has 0 bridgehead atoms. The molecule has 2 aromatic rings. The third kappa shape index (κ3) is 3.46. The molecule has 1 aliphatic carbocycles. The molecule has 0 radical (unpaired) electrons. The molecule has 1 aliphatic rings. The van der Waals surface area contributed by atoms with Crippen LogP contribution in [0, 0.1) is 0 Å². The lowest BCUT2D eigenvalue weighted by atomic mass is 10.2. The number of thioether (sulfide) groups is 1. The minimum absolute atomic E-state index is 0.0364. The van der Waals surface area contributed by atoms with Gasteiger partial charge in [0.15, 0.2) is 22.1 Å².